The molecule has 2 N–H and O–H groups in total. The Balaban J connectivity index is 1.28. The fourth-order valence-corrected chi connectivity index (χ4v) is 5.72. The molecule has 0 aromatic carbocycles. The van der Waals surface area contributed by atoms with Gasteiger partial charge in [0, 0.05) is 60.4 Å². The number of carbonyl (C=O) groups is 3. The lowest BCUT2D eigenvalue weighted by Crippen LogP contribution is -2.40. The van der Waals surface area contributed by atoms with Gasteiger partial charge in [-0.1, -0.05) is 26.8 Å². The zero-order valence-corrected chi connectivity index (χ0v) is 19.5. The molecule has 172 valence electrons. The highest BCUT2D eigenvalue weighted by molar-refractivity contribution is 6.37. The normalized spacial score (nSPS) is 30.9. The minimum atomic E-state index is -0.452. The number of hydrogen-bond donors (Lipinski definition) is 2. The number of amides is 1. The maximum atomic E-state index is 13.2. The van der Waals surface area contributed by atoms with Crippen LogP contribution in [0, 0.1) is 22.7 Å². The van der Waals surface area contributed by atoms with E-state index in [0.29, 0.717) is 24.8 Å². The van der Waals surface area contributed by atoms with Gasteiger partial charge in [0.05, 0.1) is 5.41 Å². The summed E-state index contributed by atoms with van der Waals surface area (Å²) in [7, 11) is 0. The molecule has 3 aliphatic carbocycles. The van der Waals surface area contributed by atoms with Gasteiger partial charge < -0.3 is 15.5 Å². The monoisotopic (exact) mass is 437 g/mol. The lowest BCUT2D eigenvalue weighted by atomic mass is 9.76. The number of nitrogens with one attached hydrogen (secondary N) is 2. The summed E-state index contributed by atoms with van der Waals surface area (Å²) in [5.41, 5.74) is 3.29. The molecule has 0 aromatic rings. The van der Waals surface area contributed by atoms with Crippen LogP contribution in [0.1, 0.15) is 65.7 Å². The first kappa shape index (κ1) is 21.6. The molecule has 3 unspecified atom stereocenters. The molecule has 5 aliphatic rings. The van der Waals surface area contributed by atoms with Crippen molar-refractivity contribution in [2.45, 2.75) is 71.8 Å². The Bertz CT molecular complexity index is 944. The summed E-state index contributed by atoms with van der Waals surface area (Å²) in [6.45, 7) is 8.95. The summed E-state index contributed by atoms with van der Waals surface area (Å²) < 4.78 is 0. The van der Waals surface area contributed by atoms with Gasteiger partial charge in [0.25, 0.3) is 0 Å². The third-order valence-electron chi connectivity index (χ3n) is 7.96. The van der Waals surface area contributed by atoms with E-state index in [1.807, 2.05) is 0 Å². The van der Waals surface area contributed by atoms with Crippen LogP contribution in [0.2, 0.25) is 0 Å². The number of Topliss-reactive ketones (excluding diaryl/α,β-unsaturated/α-hetero) is 2. The van der Waals surface area contributed by atoms with E-state index in [9.17, 15) is 14.4 Å². The molecule has 0 radical (unpaired) electrons. The summed E-state index contributed by atoms with van der Waals surface area (Å²) in [5, 5.41) is 6.61. The van der Waals surface area contributed by atoms with Crippen molar-refractivity contribution >= 4 is 17.5 Å². The van der Waals surface area contributed by atoms with Gasteiger partial charge in [0.15, 0.2) is 11.6 Å². The third-order valence-corrected chi connectivity index (χ3v) is 7.96. The first-order valence-corrected chi connectivity index (χ1v) is 12.2. The van der Waals surface area contributed by atoms with Crippen molar-refractivity contribution in [3.8, 4) is 0 Å². The number of rotatable bonds is 6. The molecular weight excluding hydrogens is 402 g/mol. The molecule has 32 heavy (non-hydrogen) atoms. The molecule has 0 spiro atoms. The standard InChI is InChI=1S/C26H35N3O3/c1-25(2,3)23-13-16-12-18(5-6-20(16)29(23)11-8-19-15-27-19)28-24(32)26(9-10-26)17-4-7-21(30)22(31)14-17/h5-6,13,16-17,19,27H,4,7-12,14-15H2,1-3H3,(H,28,32). The Morgan fingerprint density at radius 2 is 1.94 bits per heavy atom. The number of ketones is 2. The fourth-order valence-electron chi connectivity index (χ4n) is 5.72. The van der Waals surface area contributed by atoms with Crippen molar-refractivity contribution in [2.24, 2.45) is 22.7 Å². The largest absolute Gasteiger partial charge is 0.348 e. The van der Waals surface area contributed by atoms with Crippen LogP contribution < -0.4 is 10.6 Å². The highest BCUT2D eigenvalue weighted by Gasteiger charge is 2.57. The van der Waals surface area contributed by atoms with E-state index in [1.54, 1.807) is 0 Å². The van der Waals surface area contributed by atoms with Gasteiger partial charge in [-0.2, -0.15) is 0 Å². The van der Waals surface area contributed by atoms with Crippen molar-refractivity contribution in [3.05, 3.63) is 35.3 Å². The van der Waals surface area contributed by atoms with E-state index in [2.05, 4.69) is 54.5 Å². The van der Waals surface area contributed by atoms with E-state index in [0.717, 1.165) is 44.5 Å². The highest BCUT2D eigenvalue weighted by Crippen LogP contribution is 2.56. The zero-order valence-electron chi connectivity index (χ0n) is 19.5. The fraction of sp³-hybridized carbons (Fsp3) is 0.654. The lowest BCUT2D eigenvalue weighted by molar-refractivity contribution is -0.141. The molecule has 2 heterocycles. The highest BCUT2D eigenvalue weighted by atomic mass is 16.2. The van der Waals surface area contributed by atoms with Crippen LogP contribution in [0.3, 0.4) is 0 Å². The molecule has 6 nitrogen and oxygen atoms in total. The number of allylic oxidation sites excluding steroid dienone is 5. The molecular formula is C26H35N3O3. The van der Waals surface area contributed by atoms with Gasteiger partial charge in [-0.05, 0) is 50.2 Å². The van der Waals surface area contributed by atoms with Crippen molar-refractivity contribution in [2.75, 3.05) is 13.1 Å². The number of hydrogen-bond acceptors (Lipinski definition) is 5. The first-order chi connectivity index (χ1) is 15.2. The zero-order chi connectivity index (χ0) is 22.7. The molecule has 0 bridgehead atoms. The molecule has 3 atom stereocenters. The molecule has 3 fully saturated rings. The molecule has 1 amide bonds. The van der Waals surface area contributed by atoms with E-state index < -0.39 is 5.41 Å². The smallest absolute Gasteiger partial charge is 0.230 e. The summed E-state index contributed by atoms with van der Waals surface area (Å²) in [4.78, 5) is 39.3. The van der Waals surface area contributed by atoms with Gasteiger partial charge in [0.1, 0.15) is 0 Å². The minimum absolute atomic E-state index is 0.00777. The van der Waals surface area contributed by atoms with Crippen LogP contribution in [-0.4, -0.2) is 41.5 Å². The van der Waals surface area contributed by atoms with Gasteiger partial charge >= 0.3 is 0 Å². The Morgan fingerprint density at radius 1 is 1.19 bits per heavy atom. The van der Waals surface area contributed by atoms with E-state index >= 15 is 0 Å². The average molecular weight is 438 g/mol. The predicted molar refractivity (Wildman–Crippen MR) is 122 cm³/mol. The van der Waals surface area contributed by atoms with Crippen LogP contribution >= 0.6 is 0 Å². The second kappa shape index (κ2) is 7.68. The second-order valence-corrected chi connectivity index (χ2v) is 11.3. The summed E-state index contributed by atoms with van der Waals surface area (Å²) in [5.74, 6) is -0.219. The average Bonchev–Trinajstić information content (AvgIpc) is 3.65. The Hall–Kier alpha value is -2.21. The second-order valence-electron chi connectivity index (χ2n) is 11.3. The Labute approximate surface area is 190 Å². The molecule has 2 saturated carbocycles. The predicted octanol–water partition coefficient (Wildman–Crippen LogP) is 3.22. The molecule has 2 aliphatic heterocycles. The topological polar surface area (TPSA) is 88.4 Å². The maximum Gasteiger partial charge on any atom is 0.230 e. The van der Waals surface area contributed by atoms with Crippen LogP contribution in [0.4, 0.5) is 0 Å². The van der Waals surface area contributed by atoms with E-state index in [1.165, 1.54) is 11.4 Å². The Kier molecular flexibility index (Phi) is 5.19. The van der Waals surface area contributed by atoms with Crippen LogP contribution in [-0.2, 0) is 14.4 Å². The molecule has 1 saturated heterocycles. The van der Waals surface area contributed by atoms with E-state index in [4.69, 9.17) is 0 Å². The molecule has 0 aromatic heterocycles. The van der Waals surface area contributed by atoms with Gasteiger partial charge in [-0.15, -0.1) is 0 Å². The Morgan fingerprint density at radius 3 is 2.56 bits per heavy atom. The number of carbonyl (C=O) groups excluding carboxylic acids is 3. The van der Waals surface area contributed by atoms with Crippen LogP contribution in [0.15, 0.2) is 35.3 Å². The van der Waals surface area contributed by atoms with Crippen LogP contribution in [0.25, 0.3) is 0 Å². The van der Waals surface area contributed by atoms with Gasteiger partial charge in [-0.25, -0.2) is 0 Å². The van der Waals surface area contributed by atoms with Crippen molar-refractivity contribution in [3.63, 3.8) is 0 Å². The molecule has 5 rings (SSSR count). The maximum absolute atomic E-state index is 13.2. The lowest BCUT2D eigenvalue weighted by Gasteiger charge is -2.34. The van der Waals surface area contributed by atoms with E-state index in [-0.39, 0.29) is 35.2 Å². The van der Waals surface area contributed by atoms with Gasteiger partial charge in [0.2, 0.25) is 5.91 Å². The SMILES string of the molecule is CC(C)(C)C1=CC2CC(NC(=O)C3(C4CCC(=O)C(=O)C4)CC3)=CC=C2N1CCC1CN1. The summed E-state index contributed by atoms with van der Waals surface area (Å²) >= 11 is 0. The quantitative estimate of drug-likeness (QED) is 0.492. The van der Waals surface area contributed by atoms with Crippen molar-refractivity contribution < 1.29 is 14.4 Å². The van der Waals surface area contributed by atoms with Gasteiger partial charge in [-0.3, -0.25) is 14.4 Å². The third kappa shape index (κ3) is 3.98. The summed E-state index contributed by atoms with van der Waals surface area (Å²) in [6, 6.07) is 0.654. The van der Waals surface area contributed by atoms with Crippen LogP contribution in [0.5, 0.6) is 0 Å². The van der Waals surface area contributed by atoms with Crippen molar-refractivity contribution in [1.29, 1.82) is 0 Å². The molecule has 6 heteroatoms. The van der Waals surface area contributed by atoms with Crippen molar-refractivity contribution in [1.82, 2.24) is 15.5 Å². The first-order valence-electron chi connectivity index (χ1n) is 12.2. The number of fused-ring (bicyclic) bond motifs is 1. The minimum Gasteiger partial charge on any atom is -0.348 e. The summed E-state index contributed by atoms with van der Waals surface area (Å²) in [6.07, 6.45) is 11.4. The number of nitrogens with zero attached hydrogens (tertiary/aromatic N) is 1.